The van der Waals surface area contributed by atoms with Gasteiger partial charge >= 0.3 is 0 Å². The lowest BCUT2D eigenvalue weighted by atomic mass is 9.98. The van der Waals surface area contributed by atoms with E-state index in [-0.39, 0.29) is 5.91 Å². The average Bonchev–Trinajstić information content (AvgIpc) is 2.65. The van der Waals surface area contributed by atoms with Gasteiger partial charge in [-0.1, -0.05) is 17.7 Å². The number of nitrogens with zero attached hydrogens (tertiary/aromatic N) is 1. The van der Waals surface area contributed by atoms with E-state index in [2.05, 4.69) is 22.3 Å². The molecule has 0 bridgehead atoms. The molecule has 1 heterocycles. The zero-order chi connectivity index (χ0) is 21.0. The molecule has 0 fully saturated rings. The van der Waals surface area contributed by atoms with Crippen molar-refractivity contribution in [2.75, 3.05) is 31.6 Å². The highest BCUT2D eigenvalue weighted by Gasteiger charge is 2.22. The summed E-state index contributed by atoms with van der Waals surface area (Å²) in [5.41, 5.74) is 5.18. The SMILES string of the molecule is CCOc1cc2c(cc1OCC)CN(CC(=O)Nc1c(C)cc(C)cc1Cl)CC2. The Bertz CT molecular complexity index is 875. The van der Waals surface area contributed by atoms with Gasteiger partial charge in [-0.3, -0.25) is 9.69 Å². The van der Waals surface area contributed by atoms with E-state index in [1.54, 1.807) is 0 Å². The maximum atomic E-state index is 12.6. The fraction of sp³-hybridized carbons (Fsp3) is 0.435. The van der Waals surface area contributed by atoms with Crippen LogP contribution in [0.15, 0.2) is 24.3 Å². The third-order valence-electron chi connectivity index (χ3n) is 5.02. The first kappa shape index (κ1) is 21.5. The fourth-order valence-electron chi connectivity index (χ4n) is 3.75. The molecular weight excluding hydrogens is 388 g/mol. The number of carbonyl (C=O) groups is 1. The van der Waals surface area contributed by atoms with E-state index in [4.69, 9.17) is 21.1 Å². The highest BCUT2D eigenvalue weighted by molar-refractivity contribution is 6.34. The number of fused-ring (bicyclic) bond motifs is 1. The molecule has 3 rings (SSSR count). The first-order valence-corrected chi connectivity index (χ1v) is 10.5. The second kappa shape index (κ2) is 9.51. The molecule has 5 nitrogen and oxygen atoms in total. The normalized spacial score (nSPS) is 13.7. The maximum Gasteiger partial charge on any atom is 0.238 e. The molecule has 156 valence electrons. The maximum absolute atomic E-state index is 12.6. The van der Waals surface area contributed by atoms with Crippen LogP contribution in [0.3, 0.4) is 0 Å². The van der Waals surface area contributed by atoms with Crippen LogP contribution >= 0.6 is 11.6 Å². The van der Waals surface area contributed by atoms with Crippen LogP contribution in [0.1, 0.15) is 36.1 Å². The molecule has 1 aliphatic rings. The lowest BCUT2D eigenvalue weighted by Crippen LogP contribution is -2.37. The Morgan fingerprint density at radius 1 is 1.07 bits per heavy atom. The van der Waals surface area contributed by atoms with Crippen molar-refractivity contribution in [3.8, 4) is 11.5 Å². The van der Waals surface area contributed by atoms with Crippen molar-refractivity contribution >= 4 is 23.2 Å². The summed E-state index contributed by atoms with van der Waals surface area (Å²) in [6.07, 6.45) is 0.874. The minimum Gasteiger partial charge on any atom is -0.490 e. The zero-order valence-corrected chi connectivity index (χ0v) is 18.4. The van der Waals surface area contributed by atoms with E-state index in [0.717, 1.165) is 35.6 Å². The Morgan fingerprint density at radius 2 is 1.72 bits per heavy atom. The van der Waals surface area contributed by atoms with Crippen molar-refractivity contribution < 1.29 is 14.3 Å². The van der Waals surface area contributed by atoms with E-state index >= 15 is 0 Å². The molecule has 0 aliphatic carbocycles. The van der Waals surface area contributed by atoms with Gasteiger partial charge in [-0.25, -0.2) is 0 Å². The van der Waals surface area contributed by atoms with E-state index < -0.39 is 0 Å². The second-order valence-corrected chi connectivity index (χ2v) is 7.79. The number of nitrogens with one attached hydrogen (secondary N) is 1. The third kappa shape index (κ3) is 5.22. The van der Waals surface area contributed by atoms with E-state index in [1.807, 2.05) is 39.8 Å². The van der Waals surface area contributed by atoms with Crippen molar-refractivity contribution in [1.82, 2.24) is 4.90 Å². The summed E-state index contributed by atoms with van der Waals surface area (Å²) in [5.74, 6) is 1.50. The summed E-state index contributed by atoms with van der Waals surface area (Å²) in [6.45, 7) is 10.9. The van der Waals surface area contributed by atoms with Gasteiger partial charge in [0.05, 0.1) is 30.5 Å². The molecule has 1 aliphatic heterocycles. The molecule has 0 atom stereocenters. The third-order valence-corrected chi connectivity index (χ3v) is 5.32. The van der Waals surface area contributed by atoms with Gasteiger partial charge < -0.3 is 14.8 Å². The smallest absolute Gasteiger partial charge is 0.238 e. The molecule has 6 heteroatoms. The van der Waals surface area contributed by atoms with Crippen molar-refractivity contribution in [2.45, 2.75) is 40.7 Å². The van der Waals surface area contributed by atoms with Crippen LogP contribution in [0.2, 0.25) is 5.02 Å². The van der Waals surface area contributed by atoms with Crippen LogP contribution in [0.4, 0.5) is 5.69 Å². The zero-order valence-electron chi connectivity index (χ0n) is 17.6. The molecule has 0 saturated carbocycles. The topological polar surface area (TPSA) is 50.8 Å². The molecule has 0 aromatic heterocycles. The molecule has 1 amide bonds. The van der Waals surface area contributed by atoms with Gasteiger partial charge in [-0.15, -0.1) is 0 Å². The van der Waals surface area contributed by atoms with Crippen molar-refractivity contribution in [1.29, 1.82) is 0 Å². The molecule has 2 aromatic rings. The predicted molar refractivity (Wildman–Crippen MR) is 117 cm³/mol. The number of benzene rings is 2. The van der Waals surface area contributed by atoms with Gasteiger partial charge in [-0.2, -0.15) is 0 Å². The van der Waals surface area contributed by atoms with E-state index in [0.29, 0.717) is 37.0 Å². The van der Waals surface area contributed by atoms with Gasteiger partial charge in [0, 0.05) is 13.1 Å². The highest BCUT2D eigenvalue weighted by Crippen LogP contribution is 2.34. The number of aryl methyl sites for hydroxylation is 2. The summed E-state index contributed by atoms with van der Waals surface area (Å²) in [6, 6.07) is 8.02. The van der Waals surface area contributed by atoms with Gasteiger partial charge in [-0.05, 0) is 74.6 Å². The Hall–Kier alpha value is -2.24. The lowest BCUT2D eigenvalue weighted by Gasteiger charge is -2.29. The van der Waals surface area contributed by atoms with Crippen LogP contribution in [0.5, 0.6) is 11.5 Å². The Kier molecular flexibility index (Phi) is 7.04. The van der Waals surface area contributed by atoms with Gasteiger partial charge in [0.2, 0.25) is 5.91 Å². The summed E-state index contributed by atoms with van der Waals surface area (Å²) >= 11 is 6.32. The minimum atomic E-state index is -0.0572. The number of anilines is 1. The standard InChI is InChI=1S/C23H29ClN2O3/c1-5-28-20-11-17-7-8-26(13-18(17)12-21(20)29-6-2)14-22(27)25-23-16(4)9-15(3)10-19(23)24/h9-12H,5-8,13-14H2,1-4H3,(H,25,27). The molecule has 0 radical (unpaired) electrons. The first-order chi connectivity index (χ1) is 13.9. The minimum absolute atomic E-state index is 0.0572. The Balaban J connectivity index is 1.69. The summed E-state index contributed by atoms with van der Waals surface area (Å²) < 4.78 is 11.5. The van der Waals surface area contributed by atoms with E-state index in [1.165, 1.54) is 11.1 Å². The van der Waals surface area contributed by atoms with Crippen LogP contribution in [-0.4, -0.2) is 37.1 Å². The van der Waals surface area contributed by atoms with Crippen LogP contribution in [0, 0.1) is 13.8 Å². The van der Waals surface area contributed by atoms with E-state index in [9.17, 15) is 4.79 Å². The molecule has 0 unspecified atom stereocenters. The first-order valence-electron chi connectivity index (χ1n) is 10.1. The van der Waals surface area contributed by atoms with Crippen LogP contribution in [0.25, 0.3) is 0 Å². The van der Waals surface area contributed by atoms with Gasteiger partial charge in [0.1, 0.15) is 0 Å². The quantitative estimate of drug-likeness (QED) is 0.707. The molecular formula is C23H29ClN2O3. The lowest BCUT2D eigenvalue weighted by molar-refractivity contribution is -0.117. The van der Waals surface area contributed by atoms with Crippen molar-refractivity contribution in [3.05, 3.63) is 51.5 Å². The number of ether oxygens (including phenoxy) is 2. The van der Waals surface area contributed by atoms with Gasteiger partial charge in [0.15, 0.2) is 11.5 Å². The summed E-state index contributed by atoms with van der Waals surface area (Å²) in [7, 11) is 0. The van der Waals surface area contributed by atoms with Crippen molar-refractivity contribution in [2.24, 2.45) is 0 Å². The number of rotatable bonds is 7. The molecule has 2 aromatic carbocycles. The summed E-state index contributed by atoms with van der Waals surface area (Å²) in [5, 5.41) is 3.55. The van der Waals surface area contributed by atoms with Crippen LogP contribution in [-0.2, 0) is 17.8 Å². The van der Waals surface area contributed by atoms with Gasteiger partial charge in [0.25, 0.3) is 0 Å². The Labute approximate surface area is 177 Å². The number of carbonyl (C=O) groups excluding carboxylic acids is 1. The number of amides is 1. The molecule has 1 N–H and O–H groups in total. The molecule has 0 saturated heterocycles. The predicted octanol–water partition coefficient (Wildman–Crippen LogP) is 4.75. The van der Waals surface area contributed by atoms with Crippen LogP contribution < -0.4 is 14.8 Å². The number of hydrogen-bond acceptors (Lipinski definition) is 4. The summed E-state index contributed by atoms with van der Waals surface area (Å²) in [4.78, 5) is 14.8. The fourth-order valence-corrected chi connectivity index (χ4v) is 4.12. The molecule has 0 spiro atoms. The second-order valence-electron chi connectivity index (χ2n) is 7.38. The van der Waals surface area contributed by atoms with Crippen molar-refractivity contribution in [3.63, 3.8) is 0 Å². The highest BCUT2D eigenvalue weighted by atomic mass is 35.5. The monoisotopic (exact) mass is 416 g/mol. The average molecular weight is 417 g/mol. The number of halogens is 1. The number of hydrogen-bond donors (Lipinski definition) is 1. The molecule has 29 heavy (non-hydrogen) atoms. The Morgan fingerprint density at radius 3 is 2.34 bits per heavy atom. The largest absolute Gasteiger partial charge is 0.490 e.